The molecular formula is C24H26N2O3S. The topological polar surface area (TPSA) is 66.5 Å². The number of hydrogen-bond acceptors (Lipinski definition) is 3. The maximum atomic E-state index is 12.5. The van der Waals surface area contributed by atoms with E-state index >= 15 is 0 Å². The number of carbonyl (C=O) groups is 1. The SMILES string of the molecule is Cc1cccc(CNC(=O)c2ccc(N(Cc3ccccc3C)S(C)(=O)=O)cc2)c1. The van der Waals surface area contributed by atoms with Crippen LogP contribution in [0.15, 0.2) is 72.8 Å². The molecule has 0 bridgehead atoms. The Morgan fingerprint density at radius 1 is 0.933 bits per heavy atom. The third kappa shape index (κ3) is 5.48. The smallest absolute Gasteiger partial charge is 0.251 e. The lowest BCUT2D eigenvalue weighted by atomic mass is 10.1. The van der Waals surface area contributed by atoms with Crippen LogP contribution < -0.4 is 9.62 Å². The van der Waals surface area contributed by atoms with Crippen molar-refractivity contribution in [3.63, 3.8) is 0 Å². The minimum Gasteiger partial charge on any atom is -0.348 e. The number of benzene rings is 3. The molecule has 0 heterocycles. The lowest BCUT2D eigenvalue weighted by Gasteiger charge is -2.23. The normalized spacial score (nSPS) is 11.2. The summed E-state index contributed by atoms with van der Waals surface area (Å²) in [6.07, 6.45) is 1.19. The van der Waals surface area contributed by atoms with E-state index in [2.05, 4.69) is 5.32 Å². The molecule has 0 spiro atoms. The van der Waals surface area contributed by atoms with Crippen LogP contribution in [0, 0.1) is 13.8 Å². The summed E-state index contributed by atoms with van der Waals surface area (Å²) in [6, 6.07) is 22.3. The average Bonchev–Trinajstić information content (AvgIpc) is 2.71. The van der Waals surface area contributed by atoms with Crippen LogP contribution in [0.1, 0.15) is 32.6 Å². The number of nitrogens with zero attached hydrogens (tertiary/aromatic N) is 1. The molecule has 0 saturated carbocycles. The number of rotatable bonds is 7. The molecule has 0 aromatic heterocycles. The number of carbonyl (C=O) groups excluding carboxylic acids is 1. The average molecular weight is 423 g/mol. The summed E-state index contributed by atoms with van der Waals surface area (Å²) in [7, 11) is -3.48. The van der Waals surface area contributed by atoms with Gasteiger partial charge in [-0.3, -0.25) is 9.10 Å². The summed E-state index contributed by atoms with van der Waals surface area (Å²) in [6.45, 7) is 4.64. The van der Waals surface area contributed by atoms with Gasteiger partial charge in [0.25, 0.3) is 5.91 Å². The monoisotopic (exact) mass is 422 g/mol. The molecular weight excluding hydrogens is 396 g/mol. The zero-order valence-corrected chi connectivity index (χ0v) is 18.2. The molecule has 30 heavy (non-hydrogen) atoms. The van der Waals surface area contributed by atoms with E-state index in [0.29, 0.717) is 17.8 Å². The van der Waals surface area contributed by atoms with Crippen LogP contribution in [-0.4, -0.2) is 20.6 Å². The summed E-state index contributed by atoms with van der Waals surface area (Å²) >= 11 is 0. The van der Waals surface area contributed by atoms with Crippen molar-refractivity contribution in [2.45, 2.75) is 26.9 Å². The molecule has 3 rings (SSSR count). The Bertz CT molecular complexity index is 1140. The number of amides is 1. The van der Waals surface area contributed by atoms with E-state index in [1.807, 2.05) is 62.4 Å². The molecule has 6 heteroatoms. The van der Waals surface area contributed by atoms with Gasteiger partial charge in [-0.1, -0.05) is 54.1 Å². The first-order chi connectivity index (χ1) is 14.2. The van der Waals surface area contributed by atoms with Gasteiger partial charge in [0.2, 0.25) is 10.0 Å². The van der Waals surface area contributed by atoms with Crippen LogP contribution >= 0.6 is 0 Å². The van der Waals surface area contributed by atoms with Crippen LogP contribution in [0.5, 0.6) is 0 Å². The summed E-state index contributed by atoms with van der Waals surface area (Å²) < 4.78 is 26.2. The molecule has 0 atom stereocenters. The zero-order chi connectivity index (χ0) is 21.7. The minimum absolute atomic E-state index is 0.201. The van der Waals surface area contributed by atoms with Crippen molar-refractivity contribution in [2.24, 2.45) is 0 Å². The highest BCUT2D eigenvalue weighted by molar-refractivity contribution is 7.92. The first-order valence-corrected chi connectivity index (χ1v) is 11.5. The number of aryl methyl sites for hydroxylation is 2. The van der Waals surface area contributed by atoms with Gasteiger partial charge in [-0.2, -0.15) is 0 Å². The number of sulfonamides is 1. The molecule has 0 aliphatic heterocycles. The van der Waals surface area contributed by atoms with Gasteiger partial charge in [-0.25, -0.2) is 8.42 Å². The Hall–Kier alpha value is -3.12. The standard InChI is InChI=1S/C24H26N2O3S/c1-18-7-6-9-20(15-18)16-25-24(27)21-11-13-23(14-12-21)26(30(3,28)29)17-22-10-5-4-8-19(22)2/h4-15H,16-17H2,1-3H3,(H,25,27). The van der Waals surface area contributed by atoms with Crippen molar-refractivity contribution in [3.8, 4) is 0 Å². The molecule has 1 amide bonds. The molecule has 5 nitrogen and oxygen atoms in total. The van der Waals surface area contributed by atoms with Crippen molar-refractivity contribution in [1.29, 1.82) is 0 Å². The van der Waals surface area contributed by atoms with Gasteiger partial charge < -0.3 is 5.32 Å². The number of hydrogen-bond donors (Lipinski definition) is 1. The lowest BCUT2D eigenvalue weighted by molar-refractivity contribution is 0.0951. The van der Waals surface area contributed by atoms with Gasteiger partial charge >= 0.3 is 0 Å². The zero-order valence-electron chi connectivity index (χ0n) is 17.4. The van der Waals surface area contributed by atoms with E-state index in [4.69, 9.17) is 0 Å². The Morgan fingerprint density at radius 3 is 2.27 bits per heavy atom. The van der Waals surface area contributed by atoms with Gasteiger partial charge in [0, 0.05) is 12.1 Å². The van der Waals surface area contributed by atoms with Crippen LogP contribution in [0.3, 0.4) is 0 Å². The van der Waals surface area contributed by atoms with Crippen LogP contribution in [0.2, 0.25) is 0 Å². The molecule has 0 saturated heterocycles. The maximum absolute atomic E-state index is 12.5. The molecule has 3 aromatic carbocycles. The maximum Gasteiger partial charge on any atom is 0.251 e. The molecule has 0 unspecified atom stereocenters. The number of nitrogens with one attached hydrogen (secondary N) is 1. The first kappa shape index (κ1) is 21.6. The molecule has 0 radical (unpaired) electrons. The van der Waals surface area contributed by atoms with E-state index in [1.165, 1.54) is 10.6 Å². The van der Waals surface area contributed by atoms with E-state index in [1.54, 1.807) is 24.3 Å². The largest absolute Gasteiger partial charge is 0.348 e. The fourth-order valence-electron chi connectivity index (χ4n) is 3.23. The van der Waals surface area contributed by atoms with Crippen LogP contribution in [0.25, 0.3) is 0 Å². The van der Waals surface area contributed by atoms with Crippen molar-refractivity contribution in [3.05, 3.63) is 101 Å². The fraction of sp³-hybridized carbons (Fsp3) is 0.208. The van der Waals surface area contributed by atoms with Gasteiger partial charge in [-0.15, -0.1) is 0 Å². The fourth-order valence-corrected chi connectivity index (χ4v) is 4.11. The Morgan fingerprint density at radius 2 is 1.63 bits per heavy atom. The second kappa shape index (κ2) is 9.13. The summed E-state index contributed by atoms with van der Waals surface area (Å²) in [5.41, 5.74) is 5.13. The minimum atomic E-state index is -3.48. The van der Waals surface area contributed by atoms with E-state index in [-0.39, 0.29) is 12.5 Å². The third-order valence-corrected chi connectivity index (χ3v) is 6.07. The Balaban J connectivity index is 1.74. The Labute approximate surface area is 178 Å². The molecule has 0 aliphatic carbocycles. The highest BCUT2D eigenvalue weighted by atomic mass is 32.2. The van der Waals surface area contributed by atoms with Gasteiger partial charge in [0.1, 0.15) is 0 Å². The van der Waals surface area contributed by atoms with Gasteiger partial charge in [-0.05, 0) is 54.8 Å². The van der Waals surface area contributed by atoms with Crippen LogP contribution in [-0.2, 0) is 23.1 Å². The van der Waals surface area contributed by atoms with E-state index < -0.39 is 10.0 Å². The third-order valence-electron chi connectivity index (χ3n) is 4.93. The van der Waals surface area contributed by atoms with Crippen LogP contribution in [0.4, 0.5) is 5.69 Å². The predicted octanol–water partition coefficient (Wildman–Crippen LogP) is 4.20. The second-order valence-corrected chi connectivity index (χ2v) is 9.32. The predicted molar refractivity (Wildman–Crippen MR) is 121 cm³/mol. The first-order valence-electron chi connectivity index (χ1n) is 9.70. The summed E-state index contributed by atoms with van der Waals surface area (Å²) in [4.78, 5) is 12.5. The van der Waals surface area contributed by atoms with E-state index in [9.17, 15) is 13.2 Å². The quantitative estimate of drug-likeness (QED) is 0.621. The summed E-state index contributed by atoms with van der Waals surface area (Å²) in [5, 5.41) is 2.90. The highest BCUT2D eigenvalue weighted by Gasteiger charge is 2.19. The van der Waals surface area contributed by atoms with E-state index in [0.717, 1.165) is 22.3 Å². The van der Waals surface area contributed by atoms with Gasteiger partial charge in [0.15, 0.2) is 0 Å². The van der Waals surface area contributed by atoms with Crippen molar-refractivity contribution >= 4 is 21.6 Å². The Kier molecular flexibility index (Phi) is 6.57. The van der Waals surface area contributed by atoms with Crippen molar-refractivity contribution in [2.75, 3.05) is 10.6 Å². The molecule has 0 aliphatic rings. The molecule has 156 valence electrons. The number of anilines is 1. The summed E-state index contributed by atoms with van der Waals surface area (Å²) in [5.74, 6) is -0.201. The highest BCUT2D eigenvalue weighted by Crippen LogP contribution is 2.22. The van der Waals surface area contributed by atoms with Gasteiger partial charge in [0.05, 0.1) is 18.5 Å². The van der Waals surface area contributed by atoms with Crippen molar-refractivity contribution in [1.82, 2.24) is 5.32 Å². The molecule has 1 N–H and O–H groups in total. The molecule has 0 fully saturated rings. The van der Waals surface area contributed by atoms with Crippen molar-refractivity contribution < 1.29 is 13.2 Å². The second-order valence-electron chi connectivity index (χ2n) is 7.41. The molecule has 3 aromatic rings. The lowest BCUT2D eigenvalue weighted by Crippen LogP contribution is -2.29.